The minimum absolute atomic E-state index is 0. The van der Waals surface area contributed by atoms with Crippen LogP contribution in [0.3, 0.4) is 0 Å². The predicted molar refractivity (Wildman–Crippen MR) is 14.6 cm³/mol. The Bertz CT molecular complexity index is 35.9. The fraction of sp³-hybridized carbons (Fsp3) is 0. The zero-order valence-electron chi connectivity index (χ0n) is 4.80. The molecule has 26 valence electrons. The summed E-state index contributed by atoms with van der Waals surface area (Å²) in [6, 6.07) is 0. The van der Waals surface area contributed by atoms with Crippen LogP contribution in [-0.4, -0.2) is 9.79 Å². The molecule has 0 aromatic rings. The quantitative estimate of drug-likeness (QED) is 0.274. The summed E-state index contributed by atoms with van der Waals surface area (Å²) in [6.07, 6.45) is 0. The molecule has 0 aromatic heterocycles. The maximum atomic E-state index is 8.74. The molecule has 0 amide bonds. The van der Waals surface area contributed by atoms with Gasteiger partial charge in [-0.3, -0.25) is 4.57 Å². The number of hydrogen-bond donors (Lipinski definition) is 2. The molecule has 0 fully saturated rings. The van der Waals surface area contributed by atoms with E-state index in [0.717, 1.165) is 0 Å². The normalized spacial score (nSPS) is 5.83. The van der Waals surface area contributed by atoms with Gasteiger partial charge in [0, 0.05) is 0 Å². The molecular formula is H4K2O3P+3. The Hall–Kier alpha value is 3.42. The van der Waals surface area contributed by atoms with Crippen LogP contribution in [0, 0.1) is 0 Å². The fourth-order valence-electron chi connectivity index (χ4n) is 0. The maximum absolute atomic E-state index is 8.74. The van der Waals surface area contributed by atoms with Gasteiger partial charge in [-0.2, -0.15) is 0 Å². The fourth-order valence-corrected chi connectivity index (χ4v) is 0. The topological polar surface area (TPSA) is 57.5 Å². The van der Waals surface area contributed by atoms with Gasteiger partial charge < -0.3 is 9.79 Å². The molecule has 0 aliphatic heterocycles. The Kier molecular flexibility index (Phi) is 30.4. The van der Waals surface area contributed by atoms with Crippen molar-refractivity contribution in [2.24, 2.45) is 0 Å². The van der Waals surface area contributed by atoms with Gasteiger partial charge in [0.1, 0.15) is 0 Å². The Morgan fingerprint density at radius 2 is 1.33 bits per heavy atom. The summed E-state index contributed by atoms with van der Waals surface area (Å²) >= 11 is 0. The smallest absolute Gasteiger partial charge is 0.326 e. The molecule has 0 rings (SSSR count). The van der Waals surface area contributed by atoms with E-state index in [1.165, 1.54) is 0 Å². The third kappa shape index (κ3) is 26.1. The first-order valence-corrected chi connectivity index (χ1v) is 1.95. The van der Waals surface area contributed by atoms with Crippen LogP contribution in [0.25, 0.3) is 0 Å². The summed E-state index contributed by atoms with van der Waals surface area (Å²) in [5, 5.41) is 0. The van der Waals surface area contributed by atoms with Crippen molar-refractivity contribution >= 4 is 8.25 Å². The van der Waals surface area contributed by atoms with Crippen LogP contribution >= 0.6 is 8.25 Å². The van der Waals surface area contributed by atoms with Gasteiger partial charge in [0.05, 0.1) is 0 Å². The molecule has 0 atom stereocenters. The minimum Gasteiger partial charge on any atom is -0.326 e. The Labute approximate surface area is 123 Å². The molecule has 6 heavy (non-hydrogen) atoms. The summed E-state index contributed by atoms with van der Waals surface area (Å²) in [4.78, 5) is 14.3. The summed E-state index contributed by atoms with van der Waals surface area (Å²) in [6.45, 7) is 0. The van der Waals surface area contributed by atoms with E-state index < -0.39 is 8.25 Å². The van der Waals surface area contributed by atoms with E-state index in [4.69, 9.17) is 14.4 Å². The van der Waals surface area contributed by atoms with Gasteiger partial charge in [0.15, 0.2) is 0 Å². The first-order valence-electron chi connectivity index (χ1n) is 0.651. The third-order valence-corrected chi connectivity index (χ3v) is 0. The van der Waals surface area contributed by atoms with Crippen LogP contribution in [0.2, 0.25) is 0 Å². The van der Waals surface area contributed by atoms with Gasteiger partial charge in [0.2, 0.25) is 0 Å². The Morgan fingerprint density at radius 1 is 1.33 bits per heavy atom. The molecule has 0 aromatic carbocycles. The van der Waals surface area contributed by atoms with Crippen molar-refractivity contribution in [2.75, 3.05) is 0 Å². The van der Waals surface area contributed by atoms with E-state index in [1.54, 1.807) is 0 Å². The predicted octanol–water partition coefficient (Wildman–Crippen LogP) is -6.52. The molecule has 3 nitrogen and oxygen atoms in total. The molecule has 0 saturated carbocycles. The van der Waals surface area contributed by atoms with Crippen LogP contribution < -0.4 is 103 Å². The van der Waals surface area contributed by atoms with Crippen LogP contribution in [0.15, 0.2) is 0 Å². The van der Waals surface area contributed by atoms with Gasteiger partial charge >= 0.3 is 112 Å². The molecule has 0 radical (unpaired) electrons. The molecular weight excluding hydrogens is 157 g/mol. The molecule has 0 bridgehead atoms. The van der Waals surface area contributed by atoms with E-state index in [-0.39, 0.29) is 104 Å². The summed E-state index contributed by atoms with van der Waals surface area (Å²) in [5.74, 6) is 0. The van der Waals surface area contributed by atoms with E-state index in [2.05, 4.69) is 0 Å². The van der Waals surface area contributed by atoms with E-state index in [0.29, 0.717) is 0 Å². The molecule has 0 saturated heterocycles. The van der Waals surface area contributed by atoms with Crippen LogP contribution in [0.4, 0.5) is 0 Å². The first-order chi connectivity index (χ1) is 1.73. The summed E-state index contributed by atoms with van der Waals surface area (Å²) in [5.41, 5.74) is 0. The molecule has 2 N–H and O–H groups in total. The Balaban J connectivity index is -0.0000000150. The van der Waals surface area contributed by atoms with Crippen molar-refractivity contribution in [1.82, 2.24) is 0 Å². The van der Waals surface area contributed by atoms with Gasteiger partial charge in [-0.05, 0) is 0 Å². The van der Waals surface area contributed by atoms with Crippen molar-refractivity contribution < 1.29 is 119 Å². The summed E-state index contributed by atoms with van der Waals surface area (Å²) < 4.78 is 8.74. The maximum Gasteiger partial charge on any atom is 1.00 e. The minimum atomic E-state index is -3.13. The van der Waals surface area contributed by atoms with Crippen LogP contribution in [0.5, 0.6) is 0 Å². The second kappa shape index (κ2) is 11.2. The molecule has 0 aliphatic rings. The van der Waals surface area contributed by atoms with Gasteiger partial charge in [0.25, 0.3) is 0 Å². The van der Waals surface area contributed by atoms with Crippen molar-refractivity contribution in [3.8, 4) is 0 Å². The molecule has 0 heterocycles. The molecule has 0 aliphatic carbocycles. The van der Waals surface area contributed by atoms with Gasteiger partial charge in [-0.15, -0.1) is 0 Å². The standard InChI is InChI=1S/2K.H3O3P/c;;1-4(2)3/h;;4H,(H2,1,2,3)/q2*+1;/p+1. The first kappa shape index (κ1) is 16.2. The molecule has 0 unspecified atom stereocenters. The van der Waals surface area contributed by atoms with Gasteiger partial charge in [-0.25, -0.2) is 0 Å². The second-order valence-electron chi connectivity index (χ2n) is 0.283. The number of hydrogen-bond acceptors (Lipinski definition) is 1. The second-order valence-corrected chi connectivity index (χ2v) is 0.848. The van der Waals surface area contributed by atoms with Crippen molar-refractivity contribution in [1.29, 1.82) is 0 Å². The van der Waals surface area contributed by atoms with Crippen molar-refractivity contribution in [2.45, 2.75) is 0 Å². The summed E-state index contributed by atoms with van der Waals surface area (Å²) in [7, 11) is -3.13. The average Bonchev–Trinajstić information content (AvgIpc) is 0.811. The molecule has 0 spiro atoms. The molecule has 6 heteroatoms. The average molecular weight is 161 g/mol. The third-order valence-electron chi connectivity index (χ3n) is 0. The van der Waals surface area contributed by atoms with Crippen LogP contribution in [-0.2, 0) is 4.57 Å². The SMILES string of the molecule is O=[PH](O)O.[H+].[K+].[K+]. The zero-order chi connectivity index (χ0) is 3.58. The van der Waals surface area contributed by atoms with Gasteiger partial charge in [-0.1, -0.05) is 0 Å². The number of rotatable bonds is 0. The zero-order valence-corrected chi connectivity index (χ0v) is 11.0. The largest absolute Gasteiger partial charge is 1.00 e. The van der Waals surface area contributed by atoms with E-state index >= 15 is 0 Å². The monoisotopic (exact) mass is 161 g/mol. The van der Waals surface area contributed by atoms with E-state index in [9.17, 15) is 0 Å². The van der Waals surface area contributed by atoms with Crippen LogP contribution in [0.1, 0.15) is 1.43 Å². The van der Waals surface area contributed by atoms with E-state index in [1.807, 2.05) is 0 Å². The van der Waals surface area contributed by atoms with Crippen molar-refractivity contribution in [3.63, 3.8) is 0 Å². The van der Waals surface area contributed by atoms with Crippen molar-refractivity contribution in [3.05, 3.63) is 0 Å². The Morgan fingerprint density at radius 3 is 1.33 bits per heavy atom.